The first-order valence-electron chi connectivity index (χ1n) is 9.16. The molecule has 2 aromatic carbocycles. The lowest BCUT2D eigenvalue weighted by Gasteiger charge is -2.11. The van der Waals surface area contributed by atoms with E-state index in [0.717, 1.165) is 11.8 Å². The Balaban J connectivity index is 1.59. The van der Waals surface area contributed by atoms with Gasteiger partial charge in [-0.15, -0.1) is 10.2 Å². The van der Waals surface area contributed by atoms with Gasteiger partial charge in [-0.3, -0.25) is 9.59 Å². The lowest BCUT2D eigenvalue weighted by Crippen LogP contribution is -2.22. The van der Waals surface area contributed by atoms with Crippen LogP contribution in [0.3, 0.4) is 0 Å². The quantitative estimate of drug-likeness (QED) is 0.411. The van der Waals surface area contributed by atoms with Gasteiger partial charge in [0.25, 0.3) is 11.1 Å². The number of anilines is 1. The van der Waals surface area contributed by atoms with E-state index in [4.69, 9.17) is 9.15 Å². The number of nitrogens with one attached hydrogen (secondary N) is 1. The number of amides is 1. The molecule has 3 rings (SSSR count). The standard InChI is InChI=1S/C21H20FN3O4S/c1-12(26)15-7-6-8-16(11-15)23-19(27)14(3)30-21-25-24-20(29-21)13(2)28-18-10-5-4-9-17(18)22/h4-11,13-14H,1-3H3,(H,23,27)/t13-,14-/m0/s1. The third kappa shape index (κ3) is 5.44. The van der Waals surface area contributed by atoms with Gasteiger partial charge in [0.2, 0.25) is 5.91 Å². The number of aromatic nitrogens is 2. The lowest BCUT2D eigenvalue weighted by atomic mass is 10.1. The van der Waals surface area contributed by atoms with Gasteiger partial charge in [-0.05, 0) is 45.0 Å². The number of carbonyl (C=O) groups is 2. The van der Waals surface area contributed by atoms with Gasteiger partial charge in [0.1, 0.15) is 0 Å². The predicted octanol–water partition coefficient (Wildman–Crippen LogP) is 4.67. The fraction of sp³-hybridized carbons (Fsp3) is 0.238. The second kappa shape index (κ2) is 9.53. The second-order valence-electron chi connectivity index (χ2n) is 6.48. The van der Waals surface area contributed by atoms with Crippen molar-refractivity contribution in [2.45, 2.75) is 37.3 Å². The third-order valence-electron chi connectivity index (χ3n) is 4.09. The molecule has 0 aliphatic carbocycles. The van der Waals surface area contributed by atoms with Gasteiger partial charge in [0.15, 0.2) is 23.5 Å². The number of hydrogen-bond acceptors (Lipinski definition) is 7. The van der Waals surface area contributed by atoms with Crippen molar-refractivity contribution in [2.75, 3.05) is 5.32 Å². The minimum Gasteiger partial charge on any atom is -0.478 e. The Morgan fingerprint density at radius 2 is 1.90 bits per heavy atom. The summed E-state index contributed by atoms with van der Waals surface area (Å²) in [5.41, 5.74) is 1.04. The Bertz CT molecular complexity index is 1060. The van der Waals surface area contributed by atoms with Crippen molar-refractivity contribution >= 4 is 29.1 Å². The van der Waals surface area contributed by atoms with E-state index < -0.39 is 17.2 Å². The van der Waals surface area contributed by atoms with Crippen LogP contribution in [0.1, 0.15) is 43.1 Å². The van der Waals surface area contributed by atoms with E-state index in [9.17, 15) is 14.0 Å². The Hall–Kier alpha value is -3.20. The topological polar surface area (TPSA) is 94.3 Å². The average Bonchev–Trinajstić information content (AvgIpc) is 3.18. The number of Topliss-reactive ketones (excluding diaryl/α,β-unsaturated/α-hetero) is 1. The van der Waals surface area contributed by atoms with Crippen LogP contribution in [-0.4, -0.2) is 27.1 Å². The SMILES string of the molecule is CC(=O)c1cccc(NC(=O)[C@H](C)Sc2nnc([C@H](C)Oc3ccccc3F)o2)c1. The Kier molecular flexibility index (Phi) is 6.83. The second-order valence-corrected chi connectivity index (χ2v) is 7.78. The van der Waals surface area contributed by atoms with Crippen LogP contribution in [0.4, 0.5) is 10.1 Å². The van der Waals surface area contributed by atoms with Crippen molar-refractivity contribution in [1.82, 2.24) is 10.2 Å². The summed E-state index contributed by atoms with van der Waals surface area (Å²) in [6.07, 6.45) is -0.665. The van der Waals surface area contributed by atoms with E-state index in [1.54, 1.807) is 50.2 Å². The molecule has 7 nitrogen and oxygen atoms in total. The molecule has 0 aliphatic rings. The highest BCUT2D eigenvalue weighted by Gasteiger charge is 2.21. The van der Waals surface area contributed by atoms with Gasteiger partial charge < -0.3 is 14.5 Å². The molecule has 0 saturated heterocycles. The molecule has 0 spiro atoms. The summed E-state index contributed by atoms with van der Waals surface area (Å²) in [6.45, 7) is 4.81. The van der Waals surface area contributed by atoms with Gasteiger partial charge in [0.05, 0.1) is 5.25 Å². The van der Waals surface area contributed by atoms with Crippen LogP contribution >= 0.6 is 11.8 Å². The Morgan fingerprint density at radius 1 is 1.13 bits per heavy atom. The van der Waals surface area contributed by atoms with Crippen molar-refractivity contribution in [3.8, 4) is 5.75 Å². The normalized spacial score (nSPS) is 12.8. The molecule has 0 unspecified atom stereocenters. The van der Waals surface area contributed by atoms with Gasteiger partial charge >= 0.3 is 0 Å². The van der Waals surface area contributed by atoms with Gasteiger partial charge in [0, 0.05) is 11.3 Å². The first kappa shape index (κ1) is 21.5. The summed E-state index contributed by atoms with van der Waals surface area (Å²) >= 11 is 1.08. The number of carbonyl (C=O) groups excluding carboxylic acids is 2. The maximum absolute atomic E-state index is 13.7. The summed E-state index contributed by atoms with van der Waals surface area (Å²) in [4.78, 5) is 23.9. The Morgan fingerprint density at radius 3 is 2.63 bits per heavy atom. The highest BCUT2D eigenvalue weighted by atomic mass is 32.2. The lowest BCUT2D eigenvalue weighted by molar-refractivity contribution is -0.115. The summed E-state index contributed by atoms with van der Waals surface area (Å²) in [7, 11) is 0. The molecule has 3 aromatic rings. The molecule has 1 heterocycles. The van der Waals surface area contributed by atoms with Crippen LogP contribution in [0.2, 0.25) is 0 Å². The minimum atomic E-state index is -0.665. The minimum absolute atomic E-state index is 0.0814. The van der Waals surface area contributed by atoms with E-state index in [1.165, 1.54) is 19.1 Å². The van der Waals surface area contributed by atoms with Crippen LogP contribution in [0.5, 0.6) is 5.75 Å². The maximum Gasteiger partial charge on any atom is 0.277 e. The molecular formula is C21H20FN3O4S. The van der Waals surface area contributed by atoms with Crippen LogP contribution in [0.15, 0.2) is 58.2 Å². The van der Waals surface area contributed by atoms with Crippen molar-refractivity contribution in [2.24, 2.45) is 0 Å². The molecule has 2 atom stereocenters. The van der Waals surface area contributed by atoms with Crippen LogP contribution in [0, 0.1) is 5.82 Å². The summed E-state index contributed by atoms with van der Waals surface area (Å²) in [5, 5.41) is 10.2. The number of nitrogens with zero attached hydrogens (tertiary/aromatic N) is 2. The van der Waals surface area contributed by atoms with Crippen LogP contribution in [-0.2, 0) is 4.79 Å². The summed E-state index contributed by atoms with van der Waals surface area (Å²) in [6, 6.07) is 12.7. The number of para-hydroxylation sites is 1. The molecular weight excluding hydrogens is 409 g/mol. The van der Waals surface area contributed by atoms with Crippen LogP contribution < -0.4 is 10.1 Å². The van der Waals surface area contributed by atoms with E-state index >= 15 is 0 Å². The molecule has 9 heteroatoms. The molecule has 0 aliphatic heterocycles. The van der Waals surface area contributed by atoms with Crippen molar-refractivity contribution in [3.05, 3.63) is 65.8 Å². The van der Waals surface area contributed by atoms with Gasteiger partial charge in [-0.25, -0.2) is 4.39 Å². The Labute approximate surface area is 177 Å². The van der Waals surface area contributed by atoms with Crippen molar-refractivity contribution in [3.63, 3.8) is 0 Å². The third-order valence-corrected chi connectivity index (χ3v) is 5.03. The molecule has 0 bridgehead atoms. The molecule has 156 valence electrons. The number of benzene rings is 2. The highest BCUT2D eigenvalue weighted by molar-refractivity contribution is 8.00. The van der Waals surface area contributed by atoms with Crippen LogP contribution in [0.25, 0.3) is 0 Å². The van der Waals surface area contributed by atoms with Crippen molar-refractivity contribution in [1.29, 1.82) is 0 Å². The predicted molar refractivity (Wildman–Crippen MR) is 110 cm³/mol. The van der Waals surface area contributed by atoms with Gasteiger partial charge in [-0.1, -0.05) is 36.0 Å². The first-order chi connectivity index (χ1) is 14.3. The van der Waals surface area contributed by atoms with E-state index in [1.807, 2.05) is 0 Å². The molecule has 1 amide bonds. The zero-order chi connectivity index (χ0) is 21.7. The maximum atomic E-state index is 13.7. The monoisotopic (exact) mass is 429 g/mol. The average molecular weight is 429 g/mol. The molecule has 0 saturated carbocycles. The fourth-order valence-corrected chi connectivity index (χ4v) is 3.17. The first-order valence-corrected chi connectivity index (χ1v) is 10.0. The molecule has 1 N–H and O–H groups in total. The van der Waals surface area contributed by atoms with Crippen molar-refractivity contribution < 1.29 is 23.1 Å². The van der Waals surface area contributed by atoms with E-state index in [2.05, 4.69) is 15.5 Å². The highest BCUT2D eigenvalue weighted by Crippen LogP contribution is 2.27. The zero-order valence-electron chi connectivity index (χ0n) is 16.6. The smallest absolute Gasteiger partial charge is 0.277 e. The number of hydrogen-bond donors (Lipinski definition) is 1. The molecule has 1 aromatic heterocycles. The fourth-order valence-electron chi connectivity index (χ4n) is 2.48. The summed E-state index contributed by atoms with van der Waals surface area (Å²) in [5.74, 6) is -0.604. The zero-order valence-corrected chi connectivity index (χ0v) is 17.4. The van der Waals surface area contributed by atoms with Gasteiger partial charge in [-0.2, -0.15) is 0 Å². The number of ketones is 1. The number of thioether (sulfide) groups is 1. The van der Waals surface area contributed by atoms with E-state index in [0.29, 0.717) is 11.3 Å². The molecule has 0 radical (unpaired) electrons. The number of halogens is 1. The largest absolute Gasteiger partial charge is 0.478 e. The molecule has 30 heavy (non-hydrogen) atoms. The molecule has 0 fully saturated rings. The summed E-state index contributed by atoms with van der Waals surface area (Å²) < 4.78 is 24.8. The number of ether oxygens (including phenoxy) is 1. The van der Waals surface area contributed by atoms with E-state index in [-0.39, 0.29) is 28.6 Å². The number of rotatable bonds is 8.